The molecule has 7 nitrogen and oxygen atoms in total. The summed E-state index contributed by atoms with van der Waals surface area (Å²) in [5.41, 5.74) is 7.42. The topological polar surface area (TPSA) is 111 Å². The monoisotopic (exact) mass is 459 g/mol. The third kappa shape index (κ3) is 5.53. The summed E-state index contributed by atoms with van der Waals surface area (Å²) in [6.07, 6.45) is 1.04. The molecule has 1 heterocycles. The minimum Gasteiger partial charge on any atom is -0.482 e. The Morgan fingerprint density at radius 3 is 2.68 bits per heavy atom. The Labute approximate surface area is 186 Å². The van der Waals surface area contributed by atoms with E-state index in [1.807, 2.05) is 13.0 Å². The van der Waals surface area contributed by atoms with Gasteiger partial charge in [-0.15, -0.1) is 0 Å². The van der Waals surface area contributed by atoms with Crippen LogP contribution in [-0.2, 0) is 9.84 Å². The number of sulfone groups is 1. The number of nitrogens with one attached hydrogen (secondary N) is 1. The van der Waals surface area contributed by atoms with Crippen LogP contribution in [0.3, 0.4) is 0 Å². The molecule has 0 aliphatic rings. The van der Waals surface area contributed by atoms with Crippen molar-refractivity contribution < 1.29 is 17.9 Å². The molecule has 1 aromatic heterocycles. The van der Waals surface area contributed by atoms with E-state index in [-0.39, 0.29) is 22.0 Å². The van der Waals surface area contributed by atoms with Crippen molar-refractivity contribution in [1.82, 2.24) is 4.98 Å². The number of hydrogen-bond donors (Lipinski definition) is 2. The summed E-state index contributed by atoms with van der Waals surface area (Å²) < 4.78 is 30.0. The molecule has 0 fully saturated rings. The van der Waals surface area contributed by atoms with Crippen molar-refractivity contribution in [2.45, 2.75) is 24.8 Å². The van der Waals surface area contributed by atoms with E-state index in [0.717, 1.165) is 5.56 Å². The van der Waals surface area contributed by atoms with E-state index in [9.17, 15) is 13.2 Å². The second kappa shape index (κ2) is 9.36. The average Bonchev–Trinajstić information content (AvgIpc) is 2.76. The van der Waals surface area contributed by atoms with Gasteiger partial charge in [-0.05, 0) is 42.8 Å². The van der Waals surface area contributed by atoms with Gasteiger partial charge in [-0.1, -0.05) is 36.7 Å². The molecule has 0 spiro atoms. The van der Waals surface area contributed by atoms with Crippen LogP contribution in [0, 0.1) is 0 Å². The minimum absolute atomic E-state index is 0.0370. The smallest absolute Gasteiger partial charge is 0.255 e. The van der Waals surface area contributed by atoms with Gasteiger partial charge >= 0.3 is 0 Å². The zero-order valence-corrected chi connectivity index (χ0v) is 18.6. The average molecular weight is 460 g/mol. The van der Waals surface area contributed by atoms with Crippen molar-refractivity contribution in [2.24, 2.45) is 0 Å². The minimum atomic E-state index is -3.40. The van der Waals surface area contributed by atoms with Gasteiger partial charge in [0.2, 0.25) is 0 Å². The lowest BCUT2D eigenvalue weighted by Crippen LogP contribution is -2.14. The first-order valence-electron chi connectivity index (χ1n) is 9.51. The Hall–Kier alpha value is -3.10. The van der Waals surface area contributed by atoms with Crippen LogP contribution in [0.5, 0.6) is 5.75 Å². The van der Waals surface area contributed by atoms with Crippen LogP contribution in [0.2, 0.25) is 5.02 Å². The third-order valence-electron chi connectivity index (χ3n) is 4.60. The summed E-state index contributed by atoms with van der Waals surface area (Å²) in [5.74, 6) is 0.137. The fourth-order valence-corrected chi connectivity index (χ4v) is 3.93. The van der Waals surface area contributed by atoms with Crippen LogP contribution in [-0.4, -0.2) is 25.1 Å². The Bertz CT molecular complexity index is 1210. The van der Waals surface area contributed by atoms with Crippen LogP contribution in [0.4, 0.5) is 11.5 Å². The zero-order chi connectivity index (χ0) is 22.6. The molecule has 3 aromatic rings. The number of pyridine rings is 1. The number of ether oxygens (including phenoxy) is 1. The number of hydrogen-bond acceptors (Lipinski definition) is 6. The van der Waals surface area contributed by atoms with Crippen LogP contribution in [0.25, 0.3) is 0 Å². The zero-order valence-electron chi connectivity index (χ0n) is 17.0. The van der Waals surface area contributed by atoms with Crippen molar-refractivity contribution in [2.75, 3.05) is 16.8 Å². The first-order valence-corrected chi connectivity index (χ1v) is 11.5. The standard InChI is InChI=1S/C22H22ClN3O4S/c1-3-31(28,29)19-9-5-7-16(11-19)22(27)26-18-8-4-6-15(10-18)14(2)30-20-12-17(23)13-25-21(20)24/h4-14H,3H2,1-2H3,(H2,24,25)(H,26,27)/t14-/m1/s1. The first kappa shape index (κ1) is 22.6. The Balaban J connectivity index is 1.77. The number of rotatable bonds is 7. The van der Waals surface area contributed by atoms with Crippen LogP contribution < -0.4 is 15.8 Å². The molecule has 0 unspecified atom stereocenters. The second-order valence-corrected chi connectivity index (χ2v) is 9.52. The molecule has 3 N–H and O–H groups in total. The molecule has 162 valence electrons. The number of benzene rings is 2. The fourth-order valence-electron chi connectivity index (χ4n) is 2.85. The maximum absolute atomic E-state index is 12.7. The van der Waals surface area contributed by atoms with Crippen LogP contribution >= 0.6 is 11.6 Å². The molecule has 2 aromatic carbocycles. The van der Waals surface area contributed by atoms with E-state index in [2.05, 4.69) is 10.3 Å². The number of carbonyl (C=O) groups excluding carboxylic acids is 1. The van der Waals surface area contributed by atoms with Crippen molar-refractivity contribution in [1.29, 1.82) is 0 Å². The highest BCUT2D eigenvalue weighted by Gasteiger charge is 2.16. The number of halogens is 1. The lowest BCUT2D eigenvalue weighted by molar-refractivity contribution is 0.102. The number of anilines is 2. The number of nitrogens with two attached hydrogens (primary N) is 1. The van der Waals surface area contributed by atoms with E-state index in [1.54, 1.807) is 43.3 Å². The largest absolute Gasteiger partial charge is 0.482 e. The third-order valence-corrected chi connectivity index (χ3v) is 6.54. The number of nitrogens with zero attached hydrogens (tertiary/aromatic N) is 1. The molecule has 9 heteroatoms. The molecule has 0 saturated carbocycles. The molecule has 0 aliphatic heterocycles. The van der Waals surface area contributed by atoms with E-state index < -0.39 is 21.8 Å². The van der Waals surface area contributed by atoms with E-state index in [1.165, 1.54) is 18.3 Å². The van der Waals surface area contributed by atoms with Crippen LogP contribution in [0.1, 0.15) is 35.9 Å². The number of nitrogen functional groups attached to an aromatic ring is 1. The summed E-state index contributed by atoms with van der Waals surface area (Å²) in [7, 11) is -3.40. The van der Waals surface area contributed by atoms with Gasteiger partial charge in [-0.2, -0.15) is 0 Å². The van der Waals surface area contributed by atoms with E-state index >= 15 is 0 Å². The van der Waals surface area contributed by atoms with Gasteiger partial charge < -0.3 is 15.8 Å². The summed E-state index contributed by atoms with van der Waals surface area (Å²) in [6, 6.07) is 14.7. The van der Waals surface area contributed by atoms with Gasteiger partial charge in [-0.25, -0.2) is 13.4 Å². The molecule has 0 bridgehead atoms. The van der Waals surface area contributed by atoms with Crippen LogP contribution in [0.15, 0.2) is 65.7 Å². The maximum atomic E-state index is 12.7. The highest BCUT2D eigenvalue weighted by Crippen LogP contribution is 2.29. The van der Waals surface area contributed by atoms with Gasteiger partial charge in [0.05, 0.1) is 15.7 Å². The summed E-state index contributed by atoms with van der Waals surface area (Å²) in [6.45, 7) is 3.39. The van der Waals surface area contributed by atoms with E-state index in [4.69, 9.17) is 22.1 Å². The molecule has 0 radical (unpaired) electrons. The number of amides is 1. The van der Waals surface area contributed by atoms with E-state index in [0.29, 0.717) is 16.5 Å². The Kier molecular flexibility index (Phi) is 6.82. The van der Waals surface area contributed by atoms with Crippen molar-refractivity contribution in [3.05, 3.63) is 76.9 Å². The quantitative estimate of drug-likeness (QED) is 0.538. The molecule has 3 rings (SSSR count). The van der Waals surface area contributed by atoms with Crippen molar-refractivity contribution in [3.8, 4) is 5.75 Å². The summed E-state index contributed by atoms with van der Waals surface area (Å²) in [4.78, 5) is 16.7. The predicted molar refractivity (Wildman–Crippen MR) is 121 cm³/mol. The van der Waals surface area contributed by atoms with Crippen molar-refractivity contribution >= 4 is 38.9 Å². The van der Waals surface area contributed by atoms with Gasteiger partial charge in [0.25, 0.3) is 5.91 Å². The molecule has 0 saturated heterocycles. The highest BCUT2D eigenvalue weighted by atomic mass is 35.5. The second-order valence-electron chi connectivity index (χ2n) is 6.81. The van der Waals surface area contributed by atoms with Gasteiger partial charge in [0, 0.05) is 23.5 Å². The maximum Gasteiger partial charge on any atom is 0.255 e. The number of carbonyl (C=O) groups is 1. The molecular weight excluding hydrogens is 438 g/mol. The summed E-state index contributed by atoms with van der Waals surface area (Å²) >= 11 is 5.95. The normalized spacial score (nSPS) is 12.2. The molecular formula is C22H22ClN3O4S. The lowest BCUT2D eigenvalue weighted by Gasteiger charge is -2.17. The van der Waals surface area contributed by atoms with Gasteiger partial charge in [-0.3, -0.25) is 4.79 Å². The highest BCUT2D eigenvalue weighted by molar-refractivity contribution is 7.91. The fraction of sp³-hybridized carbons (Fsp3) is 0.182. The molecule has 1 atom stereocenters. The molecule has 31 heavy (non-hydrogen) atoms. The van der Waals surface area contributed by atoms with Gasteiger partial charge in [0.1, 0.15) is 6.10 Å². The van der Waals surface area contributed by atoms with Gasteiger partial charge in [0.15, 0.2) is 21.4 Å². The number of aromatic nitrogens is 1. The predicted octanol–water partition coefficient (Wildman–Crippen LogP) is 4.50. The SMILES string of the molecule is CCS(=O)(=O)c1cccc(C(=O)Nc2cccc([C@@H](C)Oc3cc(Cl)cnc3N)c2)c1. The lowest BCUT2D eigenvalue weighted by atomic mass is 10.1. The first-order chi connectivity index (χ1) is 14.7. The molecule has 0 aliphatic carbocycles. The Morgan fingerprint density at radius 1 is 1.19 bits per heavy atom. The Morgan fingerprint density at radius 2 is 1.94 bits per heavy atom. The van der Waals surface area contributed by atoms with Crippen molar-refractivity contribution in [3.63, 3.8) is 0 Å². The molecule has 1 amide bonds. The summed E-state index contributed by atoms with van der Waals surface area (Å²) in [5, 5.41) is 3.19.